The fraction of sp³-hybridized carbons (Fsp3) is 0.389. The lowest BCUT2D eigenvalue weighted by molar-refractivity contribution is -0.147. The van der Waals surface area contributed by atoms with Gasteiger partial charge in [-0.1, -0.05) is 30.3 Å². The molecule has 1 amide bonds. The number of thiazole rings is 1. The zero-order chi connectivity index (χ0) is 18.4. The molecule has 0 aliphatic carbocycles. The predicted octanol–water partition coefficient (Wildman–Crippen LogP) is 1.72. The van der Waals surface area contributed by atoms with Crippen molar-refractivity contribution in [3.05, 3.63) is 52.0 Å². The molecule has 0 bridgehead atoms. The summed E-state index contributed by atoms with van der Waals surface area (Å²) in [5.74, 6) is -1.34. The summed E-state index contributed by atoms with van der Waals surface area (Å²) in [4.78, 5) is 27.6. The number of rotatable bonds is 7. The van der Waals surface area contributed by atoms with Gasteiger partial charge in [0.2, 0.25) is 0 Å². The summed E-state index contributed by atoms with van der Waals surface area (Å²) in [6.45, 7) is 0.376. The lowest BCUT2D eigenvalue weighted by Crippen LogP contribution is -2.51. The maximum atomic E-state index is 12.5. The Morgan fingerprint density at radius 2 is 2.15 bits per heavy atom. The van der Waals surface area contributed by atoms with Gasteiger partial charge in [-0.2, -0.15) is 0 Å². The van der Waals surface area contributed by atoms with Crippen LogP contribution in [0.2, 0.25) is 0 Å². The quantitative estimate of drug-likeness (QED) is 0.764. The lowest BCUT2D eigenvalue weighted by atomic mass is 10.1. The summed E-state index contributed by atoms with van der Waals surface area (Å²) in [5, 5.41) is 14.2. The van der Waals surface area contributed by atoms with Crippen LogP contribution in [0.4, 0.5) is 0 Å². The topological polar surface area (TPSA) is 97.8 Å². The molecule has 2 aromatic rings. The molecule has 2 atom stereocenters. The number of carboxylic acids is 1. The van der Waals surface area contributed by atoms with E-state index in [2.05, 4.69) is 10.3 Å². The number of nitrogens with one attached hydrogen (secondary N) is 1. The van der Waals surface area contributed by atoms with E-state index in [-0.39, 0.29) is 18.6 Å². The van der Waals surface area contributed by atoms with E-state index in [0.29, 0.717) is 25.1 Å². The number of ether oxygens (including phenoxy) is 2. The zero-order valence-corrected chi connectivity index (χ0v) is 14.9. The van der Waals surface area contributed by atoms with Crippen molar-refractivity contribution < 1.29 is 24.2 Å². The molecule has 0 unspecified atom stereocenters. The van der Waals surface area contributed by atoms with Crippen LogP contribution < -0.4 is 5.32 Å². The molecule has 138 valence electrons. The van der Waals surface area contributed by atoms with Gasteiger partial charge in [0.1, 0.15) is 12.3 Å². The van der Waals surface area contributed by atoms with Crippen molar-refractivity contribution in [2.75, 3.05) is 19.8 Å². The number of carboxylic acid groups (broad SMARTS) is 1. The molecule has 2 N–H and O–H groups in total. The summed E-state index contributed by atoms with van der Waals surface area (Å²) >= 11 is 1.44. The third-order valence-corrected chi connectivity index (χ3v) is 4.86. The summed E-state index contributed by atoms with van der Waals surface area (Å²) < 4.78 is 10.7. The van der Waals surface area contributed by atoms with E-state index in [4.69, 9.17) is 14.6 Å². The Hall–Kier alpha value is -2.29. The van der Waals surface area contributed by atoms with Crippen LogP contribution in [-0.2, 0) is 20.7 Å². The minimum Gasteiger partial charge on any atom is -0.480 e. The lowest BCUT2D eigenvalue weighted by Gasteiger charge is -2.31. The molecule has 0 spiro atoms. The highest BCUT2D eigenvalue weighted by atomic mass is 32.1. The first-order valence-electron chi connectivity index (χ1n) is 8.32. The number of carbonyl (C=O) groups excluding carboxylic acids is 1. The molecule has 1 aliphatic rings. The van der Waals surface area contributed by atoms with Crippen LogP contribution >= 0.6 is 11.3 Å². The molecule has 1 fully saturated rings. The molecule has 1 aliphatic heterocycles. The summed E-state index contributed by atoms with van der Waals surface area (Å²) in [7, 11) is 0. The highest BCUT2D eigenvalue weighted by molar-refractivity contribution is 7.09. The SMILES string of the molecule is O=C(O)CO[C@@H]1CCOC[C@@H]1NC(=O)c1csc(Cc2ccccc2)n1. The van der Waals surface area contributed by atoms with Crippen molar-refractivity contribution in [2.45, 2.75) is 25.0 Å². The molecular weight excluding hydrogens is 356 g/mol. The monoisotopic (exact) mass is 376 g/mol. The number of amides is 1. The van der Waals surface area contributed by atoms with Crippen molar-refractivity contribution in [1.82, 2.24) is 10.3 Å². The van der Waals surface area contributed by atoms with Crippen LogP contribution in [0.5, 0.6) is 0 Å². The van der Waals surface area contributed by atoms with E-state index in [1.807, 2.05) is 30.3 Å². The van der Waals surface area contributed by atoms with Crippen LogP contribution in [0.15, 0.2) is 35.7 Å². The number of carbonyl (C=O) groups is 2. The largest absolute Gasteiger partial charge is 0.480 e. The number of hydrogen-bond acceptors (Lipinski definition) is 6. The van der Waals surface area contributed by atoms with Crippen molar-refractivity contribution >= 4 is 23.2 Å². The first-order valence-corrected chi connectivity index (χ1v) is 9.20. The molecule has 1 aromatic heterocycles. The van der Waals surface area contributed by atoms with E-state index in [1.54, 1.807) is 5.38 Å². The Bertz CT molecular complexity index is 749. The molecule has 0 saturated carbocycles. The number of hydrogen-bond donors (Lipinski definition) is 2. The van der Waals surface area contributed by atoms with Gasteiger partial charge in [0.05, 0.1) is 23.8 Å². The zero-order valence-electron chi connectivity index (χ0n) is 14.1. The summed E-state index contributed by atoms with van der Waals surface area (Å²) in [6.07, 6.45) is 0.829. The fourth-order valence-corrected chi connectivity index (χ4v) is 3.55. The van der Waals surface area contributed by atoms with Gasteiger partial charge < -0.3 is 19.9 Å². The molecule has 26 heavy (non-hydrogen) atoms. The predicted molar refractivity (Wildman–Crippen MR) is 95.4 cm³/mol. The second kappa shape index (κ2) is 8.88. The van der Waals surface area contributed by atoms with Gasteiger partial charge in [-0.15, -0.1) is 11.3 Å². The number of aliphatic carboxylic acids is 1. The maximum Gasteiger partial charge on any atom is 0.329 e. The average molecular weight is 376 g/mol. The summed E-state index contributed by atoms with van der Waals surface area (Å²) in [6, 6.07) is 9.54. The third-order valence-electron chi connectivity index (χ3n) is 4.01. The molecule has 7 nitrogen and oxygen atoms in total. The molecule has 8 heteroatoms. The Balaban J connectivity index is 1.59. The average Bonchev–Trinajstić information content (AvgIpc) is 3.10. The van der Waals surface area contributed by atoms with Crippen LogP contribution in [0, 0.1) is 0 Å². The smallest absolute Gasteiger partial charge is 0.329 e. The van der Waals surface area contributed by atoms with E-state index < -0.39 is 18.6 Å². The highest BCUT2D eigenvalue weighted by Gasteiger charge is 2.29. The number of aromatic nitrogens is 1. The summed E-state index contributed by atoms with van der Waals surface area (Å²) in [5.41, 5.74) is 1.49. The minimum absolute atomic E-state index is 0.289. The van der Waals surface area contributed by atoms with E-state index in [1.165, 1.54) is 11.3 Å². The van der Waals surface area contributed by atoms with Gasteiger partial charge in [-0.25, -0.2) is 9.78 Å². The van der Waals surface area contributed by atoms with Gasteiger partial charge in [-0.3, -0.25) is 4.79 Å². The van der Waals surface area contributed by atoms with E-state index in [0.717, 1.165) is 10.6 Å². The van der Waals surface area contributed by atoms with Crippen LogP contribution in [0.3, 0.4) is 0 Å². The molecule has 2 heterocycles. The Kier molecular flexibility index (Phi) is 6.32. The molecule has 3 rings (SSSR count). The van der Waals surface area contributed by atoms with Gasteiger partial charge in [0, 0.05) is 18.4 Å². The first-order chi connectivity index (χ1) is 12.6. The van der Waals surface area contributed by atoms with Gasteiger partial charge in [0.15, 0.2) is 0 Å². The fourth-order valence-electron chi connectivity index (χ4n) is 2.74. The minimum atomic E-state index is -1.04. The molecule has 1 saturated heterocycles. The third kappa shape index (κ3) is 5.10. The van der Waals surface area contributed by atoms with Crippen LogP contribution in [0.25, 0.3) is 0 Å². The first kappa shape index (κ1) is 18.5. The number of nitrogens with zero attached hydrogens (tertiary/aromatic N) is 1. The van der Waals surface area contributed by atoms with Gasteiger partial charge in [-0.05, 0) is 12.0 Å². The number of benzene rings is 1. The molecule has 1 aromatic carbocycles. The van der Waals surface area contributed by atoms with Gasteiger partial charge >= 0.3 is 5.97 Å². The standard InChI is InChI=1S/C18H20N2O5S/c21-17(22)10-25-15-6-7-24-9-13(15)20-18(23)14-11-26-16(19-14)8-12-4-2-1-3-5-12/h1-5,11,13,15H,6-10H2,(H,20,23)(H,21,22)/t13-,15+/m0/s1. The van der Waals surface area contributed by atoms with Crippen LogP contribution in [-0.4, -0.2) is 53.9 Å². The normalized spacial score (nSPS) is 19.8. The van der Waals surface area contributed by atoms with E-state index in [9.17, 15) is 9.59 Å². The Labute approximate surface area is 155 Å². The molecule has 0 radical (unpaired) electrons. The van der Waals surface area contributed by atoms with Crippen molar-refractivity contribution in [1.29, 1.82) is 0 Å². The Morgan fingerprint density at radius 1 is 1.35 bits per heavy atom. The second-order valence-electron chi connectivity index (χ2n) is 5.98. The maximum absolute atomic E-state index is 12.5. The van der Waals surface area contributed by atoms with Crippen molar-refractivity contribution in [3.63, 3.8) is 0 Å². The Morgan fingerprint density at radius 3 is 2.92 bits per heavy atom. The second-order valence-corrected chi connectivity index (χ2v) is 6.92. The van der Waals surface area contributed by atoms with E-state index >= 15 is 0 Å². The van der Waals surface area contributed by atoms with Gasteiger partial charge in [0.25, 0.3) is 5.91 Å². The van der Waals surface area contributed by atoms with Crippen molar-refractivity contribution in [3.8, 4) is 0 Å². The van der Waals surface area contributed by atoms with Crippen molar-refractivity contribution in [2.24, 2.45) is 0 Å². The van der Waals surface area contributed by atoms with Crippen LogP contribution in [0.1, 0.15) is 27.5 Å². The highest BCUT2D eigenvalue weighted by Crippen LogP contribution is 2.16. The molecular formula is C18H20N2O5S.